The number of phenols is 2. The van der Waals surface area contributed by atoms with Gasteiger partial charge in [0.1, 0.15) is 0 Å². The van der Waals surface area contributed by atoms with Crippen LogP contribution in [0.2, 0.25) is 0 Å². The topological polar surface area (TPSA) is 98.7 Å². The fourth-order valence-corrected chi connectivity index (χ4v) is 2.58. The molecule has 21 heavy (non-hydrogen) atoms. The van der Waals surface area contributed by atoms with Crippen LogP contribution in [0.3, 0.4) is 0 Å². The van der Waals surface area contributed by atoms with E-state index in [1.54, 1.807) is 24.3 Å². The highest BCUT2D eigenvalue weighted by atomic mass is 32.2. The van der Waals surface area contributed by atoms with Gasteiger partial charge in [-0.15, -0.1) is 0 Å². The zero-order valence-corrected chi connectivity index (χ0v) is 12.2. The summed E-state index contributed by atoms with van der Waals surface area (Å²) in [6.07, 6.45) is 0. The number of hydrogen-bond acceptors (Lipinski definition) is 5. The third-order valence-electron chi connectivity index (χ3n) is 2.99. The van der Waals surface area contributed by atoms with E-state index in [-0.39, 0.29) is 22.9 Å². The van der Waals surface area contributed by atoms with E-state index in [0.29, 0.717) is 11.3 Å². The second kappa shape index (κ2) is 6.02. The van der Waals surface area contributed by atoms with Crippen LogP contribution in [0, 0.1) is 0 Å². The lowest BCUT2D eigenvalue weighted by Crippen LogP contribution is -2.18. The number of hydrogen-bond donors (Lipinski definition) is 4. The zero-order valence-electron chi connectivity index (χ0n) is 11.4. The number of aromatic hydroxyl groups is 2. The molecule has 0 aliphatic heterocycles. The smallest absolute Gasteiger partial charge is 0.240 e. The predicted molar refractivity (Wildman–Crippen MR) is 79.8 cm³/mol. The summed E-state index contributed by atoms with van der Waals surface area (Å²) in [5, 5.41) is 22.1. The Kier molecular flexibility index (Phi) is 4.35. The molecule has 7 heteroatoms. The van der Waals surface area contributed by atoms with Crippen molar-refractivity contribution < 1.29 is 18.6 Å². The summed E-state index contributed by atoms with van der Waals surface area (Å²) in [5.74, 6) is -0.384. The van der Waals surface area contributed by atoms with Gasteiger partial charge >= 0.3 is 0 Å². The number of anilines is 1. The van der Waals surface area contributed by atoms with Crippen molar-refractivity contribution >= 4 is 15.7 Å². The van der Waals surface area contributed by atoms with Crippen LogP contribution in [0.4, 0.5) is 5.69 Å². The van der Waals surface area contributed by atoms with E-state index in [1.165, 1.54) is 25.2 Å². The highest BCUT2D eigenvalue weighted by Gasteiger charge is 2.11. The minimum Gasteiger partial charge on any atom is -0.504 e. The van der Waals surface area contributed by atoms with Crippen molar-refractivity contribution in [2.24, 2.45) is 0 Å². The predicted octanol–water partition coefficient (Wildman–Crippen LogP) is 1.62. The number of para-hydroxylation sites is 1. The molecule has 0 atom stereocenters. The van der Waals surface area contributed by atoms with Gasteiger partial charge < -0.3 is 15.5 Å². The molecule has 4 N–H and O–H groups in total. The Morgan fingerprint density at radius 3 is 2.52 bits per heavy atom. The second-order valence-electron chi connectivity index (χ2n) is 4.37. The molecular formula is C14H16N2O4S. The Bertz CT molecular complexity index is 744. The van der Waals surface area contributed by atoms with E-state index in [2.05, 4.69) is 10.0 Å². The molecule has 112 valence electrons. The first-order chi connectivity index (χ1) is 9.94. The van der Waals surface area contributed by atoms with Gasteiger partial charge in [-0.2, -0.15) is 0 Å². The molecule has 0 aliphatic rings. The Morgan fingerprint density at radius 1 is 1.10 bits per heavy atom. The van der Waals surface area contributed by atoms with Gasteiger partial charge in [0.25, 0.3) is 0 Å². The molecular weight excluding hydrogens is 292 g/mol. The van der Waals surface area contributed by atoms with Crippen molar-refractivity contribution in [3.63, 3.8) is 0 Å². The maximum absolute atomic E-state index is 11.7. The summed E-state index contributed by atoms with van der Waals surface area (Å²) < 4.78 is 25.7. The van der Waals surface area contributed by atoms with Crippen molar-refractivity contribution in [2.45, 2.75) is 11.4 Å². The van der Waals surface area contributed by atoms with E-state index >= 15 is 0 Å². The third kappa shape index (κ3) is 3.45. The van der Waals surface area contributed by atoms with Gasteiger partial charge in [0.2, 0.25) is 10.0 Å². The molecule has 0 fully saturated rings. The van der Waals surface area contributed by atoms with Crippen LogP contribution in [0.15, 0.2) is 47.4 Å². The zero-order chi connectivity index (χ0) is 15.5. The summed E-state index contributed by atoms with van der Waals surface area (Å²) in [5.41, 5.74) is 1.10. The standard InChI is InChI=1S/C14H16N2O4S/c1-15-21(19,20)12-6-3-5-11(8-12)16-9-10-4-2-7-13(17)14(10)18/h2-8,15-18H,9H2,1H3. The molecule has 0 saturated heterocycles. The summed E-state index contributed by atoms with van der Waals surface area (Å²) >= 11 is 0. The number of rotatable bonds is 5. The molecule has 6 nitrogen and oxygen atoms in total. The largest absolute Gasteiger partial charge is 0.504 e. The van der Waals surface area contributed by atoms with Crippen LogP contribution in [0.1, 0.15) is 5.56 Å². The van der Waals surface area contributed by atoms with Gasteiger partial charge in [-0.1, -0.05) is 18.2 Å². The summed E-state index contributed by atoms with van der Waals surface area (Å²) in [6, 6.07) is 11.0. The van der Waals surface area contributed by atoms with Crippen molar-refractivity contribution in [3.05, 3.63) is 48.0 Å². The highest BCUT2D eigenvalue weighted by molar-refractivity contribution is 7.89. The minimum absolute atomic E-state index is 0.148. The average molecular weight is 308 g/mol. The molecule has 0 unspecified atom stereocenters. The normalized spacial score (nSPS) is 11.3. The lowest BCUT2D eigenvalue weighted by Gasteiger charge is -2.10. The van der Waals surface area contributed by atoms with Gasteiger partial charge in [0, 0.05) is 17.8 Å². The molecule has 0 radical (unpaired) electrons. The van der Waals surface area contributed by atoms with Gasteiger partial charge in [0.15, 0.2) is 11.5 Å². The Hall–Kier alpha value is -2.25. The Balaban J connectivity index is 2.18. The van der Waals surface area contributed by atoms with Crippen LogP contribution < -0.4 is 10.0 Å². The average Bonchev–Trinajstić information content (AvgIpc) is 2.49. The van der Waals surface area contributed by atoms with Crippen LogP contribution in [0.25, 0.3) is 0 Å². The molecule has 2 aromatic rings. The Labute approximate surface area is 123 Å². The molecule has 0 aromatic heterocycles. The lowest BCUT2D eigenvalue weighted by molar-refractivity contribution is 0.400. The number of nitrogens with one attached hydrogen (secondary N) is 2. The van der Waals surface area contributed by atoms with Gasteiger partial charge in [-0.05, 0) is 31.3 Å². The summed E-state index contributed by atoms with van der Waals surface area (Å²) in [4.78, 5) is 0.148. The molecule has 0 spiro atoms. The van der Waals surface area contributed by atoms with Crippen LogP contribution >= 0.6 is 0 Å². The number of phenolic OH excluding ortho intramolecular Hbond substituents is 2. The molecule has 0 bridgehead atoms. The van der Waals surface area contributed by atoms with E-state index in [4.69, 9.17) is 0 Å². The van der Waals surface area contributed by atoms with Crippen LogP contribution in [-0.4, -0.2) is 25.7 Å². The summed E-state index contributed by atoms with van der Waals surface area (Å²) in [6.45, 7) is 0.253. The van der Waals surface area contributed by atoms with Crippen LogP contribution in [-0.2, 0) is 16.6 Å². The van der Waals surface area contributed by atoms with Crippen molar-refractivity contribution in [3.8, 4) is 11.5 Å². The molecule has 2 aromatic carbocycles. The molecule has 0 heterocycles. The van der Waals surface area contributed by atoms with Gasteiger partial charge in [-0.3, -0.25) is 0 Å². The van der Waals surface area contributed by atoms with Crippen molar-refractivity contribution in [1.82, 2.24) is 4.72 Å². The molecule has 0 saturated carbocycles. The Morgan fingerprint density at radius 2 is 1.81 bits per heavy atom. The monoisotopic (exact) mass is 308 g/mol. The van der Waals surface area contributed by atoms with E-state index in [9.17, 15) is 18.6 Å². The van der Waals surface area contributed by atoms with E-state index in [1.807, 2.05) is 0 Å². The second-order valence-corrected chi connectivity index (χ2v) is 6.26. The first-order valence-electron chi connectivity index (χ1n) is 6.21. The van der Waals surface area contributed by atoms with E-state index in [0.717, 1.165) is 0 Å². The number of sulfonamides is 1. The first-order valence-corrected chi connectivity index (χ1v) is 7.69. The van der Waals surface area contributed by atoms with Gasteiger partial charge in [0.05, 0.1) is 4.90 Å². The lowest BCUT2D eigenvalue weighted by atomic mass is 10.2. The summed E-state index contributed by atoms with van der Waals surface area (Å²) in [7, 11) is -2.15. The molecule has 0 amide bonds. The van der Waals surface area contributed by atoms with Crippen molar-refractivity contribution in [1.29, 1.82) is 0 Å². The number of benzene rings is 2. The fraction of sp³-hybridized carbons (Fsp3) is 0.143. The molecule has 2 rings (SSSR count). The van der Waals surface area contributed by atoms with E-state index < -0.39 is 10.0 Å². The molecule has 0 aliphatic carbocycles. The van der Waals surface area contributed by atoms with Gasteiger partial charge in [-0.25, -0.2) is 13.1 Å². The third-order valence-corrected chi connectivity index (χ3v) is 4.41. The maximum atomic E-state index is 11.7. The fourth-order valence-electron chi connectivity index (χ4n) is 1.81. The van der Waals surface area contributed by atoms with Crippen LogP contribution in [0.5, 0.6) is 11.5 Å². The highest BCUT2D eigenvalue weighted by Crippen LogP contribution is 2.28. The first kappa shape index (κ1) is 15.1. The van der Waals surface area contributed by atoms with Crippen molar-refractivity contribution in [2.75, 3.05) is 12.4 Å². The maximum Gasteiger partial charge on any atom is 0.240 e. The quantitative estimate of drug-likeness (QED) is 0.629. The SMILES string of the molecule is CNS(=O)(=O)c1cccc(NCc2cccc(O)c2O)c1. The minimum atomic E-state index is -3.50.